The van der Waals surface area contributed by atoms with Crippen LogP contribution in [0.5, 0.6) is 0 Å². The van der Waals surface area contributed by atoms with E-state index < -0.39 is 0 Å². The van der Waals surface area contributed by atoms with Gasteiger partial charge in [-0.3, -0.25) is 0 Å². The first-order chi connectivity index (χ1) is 8.38. The molecule has 1 N–H and O–H groups in total. The van der Waals surface area contributed by atoms with Crippen LogP contribution in [0.4, 0.5) is 0 Å². The van der Waals surface area contributed by atoms with Gasteiger partial charge in [0.2, 0.25) is 0 Å². The maximum Gasteiger partial charge on any atom is 0.0451 e. The average molecular weight is 269 g/mol. The summed E-state index contributed by atoms with van der Waals surface area (Å²) in [7, 11) is 2.14. The van der Waals surface area contributed by atoms with Gasteiger partial charge in [0, 0.05) is 17.1 Å². The third-order valence-corrected chi connectivity index (χ3v) is 3.14. The first-order valence-electron chi connectivity index (χ1n) is 6.55. The first-order valence-corrected chi connectivity index (χ1v) is 6.93. The Morgan fingerprint density at radius 1 is 1.22 bits per heavy atom. The minimum Gasteiger partial charge on any atom is -0.312 e. The molecule has 1 aromatic rings. The molecule has 0 radical (unpaired) electrons. The summed E-state index contributed by atoms with van der Waals surface area (Å²) in [6, 6.07) is 8.05. The number of hydrogen-bond acceptors (Lipinski definition) is 2. The third kappa shape index (κ3) is 6.39. The Hall–Kier alpha value is -0.570. The molecule has 2 nitrogen and oxygen atoms in total. The molecule has 0 heterocycles. The van der Waals surface area contributed by atoms with Crippen LogP contribution in [0.2, 0.25) is 5.02 Å². The summed E-state index contributed by atoms with van der Waals surface area (Å²) in [4.78, 5) is 2.31. The minimum atomic E-state index is 0.210. The summed E-state index contributed by atoms with van der Waals surface area (Å²) in [6.45, 7) is 9.63. The van der Waals surface area contributed by atoms with E-state index in [0.717, 1.165) is 31.1 Å². The van der Waals surface area contributed by atoms with Crippen molar-refractivity contribution in [3.63, 3.8) is 0 Å². The maximum atomic E-state index is 6.15. The zero-order valence-corrected chi connectivity index (χ0v) is 12.7. The van der Waals surface area contributed by atoms with E-state index in [2.05, 4.69) is 44.1 Å². The van der Waals surface area contributed by atoms with Crippen LogP contribution in [0, 0.1) is 0 Å². The molecule has 18 heavy (non-hydrogen) atoms. The molecule has 0 atom stereocenters. The van der Waals surface area contributed by atoms with Crippen LogP contribution in [0.1, 0.15) is 32.8 Å². The first kappa shape index (κ1) is 15.5. The summed E-state index contributed by atoms with van der Waals surface area (Å²) < 4.78 is 0. The highest BCUT2D eigenvalue weighted by Gasteiger charge is 2.08. The van der Waals surface area contributed by atoms with E-state index in [1.807, 2.05) is 18.2 Å². The van der Waals surface area contributed by atoms with Crippen molar-refractivity contribution in [2.24, 2.45) is 0 Å². The molecule has 0 saturated heterocycles. The van der Waals surface area contributed by atoms with Crippen molar-refractivity contribution in [1.29, 1.82) is 0 Å². The SMILES string of the molecule is CN(CCCNC(C)(C)C)Cc1ccccc1Cl. The van der Waals surface area contributed by atoms with Crippen LogP contribution < -0.4 is 5.32 Å². The van der Waals surface area contributed by atoms with Gasteiger partial charge in [-0.1, -0.05) is 29.8 Å². The quantitative estimate of drug-likeness (QED) is 0.794. The van der Waals surface area contributed by atoms with Gasteiger partial charge in [-0.25, -0.2) is 0 Å². The average Bonchev–Trinajstić information content (AvgIpc) is 2.26. The van der Waals surface area contributed by atoms with Gasteiger partial charge in [0.1, 0.15) is 0 Å². The fraction of sp³-hybridized carbons (Fsp3) is 0.600. The predicted molar refractivity (Wildman–Crippen MR) is 80.2 cm³/mol. The normalized spacial score (nSPS) is 12.1. The molecule has 0 aliphatic rings. The second-order valence-electron chi connectivity index (χ2n) is 5.86. The number of halogens is 1. The fourth-order valence-electron chi connectivity index (χ4n) is 1.81. The molecule has 102 valence electrons. The number of nitrogens with one attached hydrogen (secondary N) is 1. The van der Waals surface area contributed by atoms with E-state index in [9.17, 15) is 0 Å². The van der Waals surface area contributed by atoms with E-state index in [0.29, 0.717) is 0 Å². The molecule has 1 rings (SSSR count). The second-order valence-corrected chi connectivity index (χ2v) is 6.27. The third-order valence-electron chi connectivity index (χ3n) is 2.77. The van der Waals surface area contributed by atoms with Gasteiger partial charge in [0.25, 0.3) is 0 Å². The topological polar surface area (TPSA) is 15.3 Å². The van der Waals surface area contributed by atoms with Crippen LogP contribution >= 0.6 is 11.6 Å². The molecule has 0 spiro atoms. The Bertz CT molecular complexity index is 358. The van der Waals surface area contributed by atoms with E-state index in [-0.39, 0.29) is 5.54 Å². The summed E-state index contributed by atoms with van der Waals surface area (Å²) in [6.07, 6.45) is 1.15. The number of benzene rings is 1. The largest absolute Gasteiger partial charge is 0.312 e. The van der Waals surface area contributed by atoms with Crippen molar-refractivity contribution in [3.05, 3.63) is 34.9 Å². The van der Waals surface area contributed by atoms with Gasteiger partial charge in [0.15, 0.2) is 0 Å². The molecule has 0 saturated carbocycles. The van der Waals surface area contributed by atoms with Crippen LogP contribution in [0.25, 0.3) is 0 Å². The summed E-state index contributed by atoms with van der Waals surface area (Å²) in [5, 5.41) is 4.36. The highest BCUT2D eigenvalue weighted by Crippen LogP contribution is 2.16. The van der Waals surface area contributed by atoms with Crippen molar-refractivity contribution in [1.82, 2.24) is 10.2 Å². The van der Waals surface area contributed by atoms with Gasteiger partial charge in [-0.05, 0) is 59.0 Å². The molecular weight excluding hydrogens is 244 g/mol. The van der Waals surface area contributed by atoms with Crippen LogP contribution in [0.15, 0.2) is 24.3 Å². The number of nitrogens with zero attached hydrogens (tertiary/aromatic N) is 1. The summed E-state index contributed by atoms with van der Waals surface area (Å²) in [5.74, 6) is 0. The van der Waals surface area contributed by atoms with E-state index in [4.69, 9.17) is 11.6 Å². The van der Waals surface area contributed by atoms with Crippen molar-refractivity contribution in [3.8, 4) is 0 Å². The standard InChI is InChI=1S/C15H25ClN2/c1-15(2,3)17-10-7-11-18(4)12-13-8-5-6-9-14(13)16/h5-6,8-9,17H,7,10-12H2,1-4H3. The van der Waals surface area contributed by atoms with Gasteiger partial charge >= 0.3 is 0 Å². The van der Waals surface area contributed by atoms with Crippen molar-refractivity contribution < 1.29 is 0 Å². The lowest BCUT2D eigenvalue weighted by atomic mass is 10.1. The molecular formula is C15H25ClN2. The smallest absolute Gasteiger partial charge is 0.0451 e. The Morgan fingerprint density at radius 2 is 1.89 bits per heavy atom. The second kappa shape index (κ2) is 7.13. The van der Waals surface area contributed by atoms with Crippen molar-refractivity contribution >= 4 is 11.6 Å². The zero-order chi connectivity index (χ0) is 13.6. The summed E-state index contributed by atoms with van der Waals surface area (Å²) in [5.41, 5.74) is 1.41. The zero-order valence-electron chi connectivity index (χ0n) is 12.0. The Kier molecular flexibility index (Phi) is 6.13. The van der Waals surface area contributed by atoms with Gasteiger partial charge in [-0.15, -0.1) is 0 Å². The predicted octanol–water partition coefficient (Wildman–Crippen LogP) is 3.55. The van der Waals surface area contributed by atoms with Gasteiger partial charge in [0.05, 0.1) is 0 Å². The van der Waals surface area contributed by atoms with Gasteiger partial charge in [-0.2, -0.15) is 0 Å². The lowest BCUT2D eigenvalue weighted by Gasteiger charge is -2.22. The van der Waals surface area contributed by atoms with Crippen molar-refractivity contribution in [2.45, 2.75) is 39.3 Å². The van der Waals surface area contributed by atoms with Crippen molar-refractivity contribution in [2.75, 3.05) is 20.1 Å². The lowest BCUT2D eigenvalue weighted by molar-refractivity contribution is 0.310. The fourth-order valence-corrected chi connectivity index (χ4v) is 2.00. The van der Waals surface area contributed by atoms with Crippen LogP contribution in [-0.2, 0) is 6.54 Å². The van der Waals surface area contributed by atoms with Gasteiger partial charge < -0.3 is 10.2 Å². The van der Waals surface area contributed by atoms with E-state index >= 15 is 0 Å². The molecule has 0 aliphatic heterocycles. The molecule has 0 unspecified atom stereocenters. The highest BCUT2D eigenvalue weighted by molar-refractivity contribution is 6.31. The molecule has 3 heteroatoms. The Balaban J connectivity index is 2.26. The summed E-state index contributed by atoms with van der Waals surface area (Å²) >= 11 is 6.15. The van der Waals surface area contributed by atoms with Crippen LogP contribution in [0.3, 0.4) is 0 Å². The molecule has 0 bridgehead atoms. The minimum absolute atomic E-state index is 0.210. The number of hydrogen-bond donors (Lipinski definition) is 1. The van der Waals surface area contributed by atoms with Crippen LogP contribution in [-0.4, -0.2) is 30.6 Å². The molecule has 0 amide bonds. The van der Waals surface area contributed by atoms with E-state index in [1.54, 1.807) is 0 Å². The maximum absolute atomic E-state index is 6.15. The molecule has 0 aromatic heterocycles. The number of rotatable bonds is 6. The molecule has 0 aliphatic carbocycles. The molecule has 0 fully saturated rings. The highest BCUT2D eigenvalue weighted by atomic mass is 35.5. The Labute approximate surface area is 116 Å². The molecule has 1 aromatic carbocycles. The lowest BCUT2D eigenvalue weighted by Crippen LogP contribution is -2.37. The monoisotopic (exact) mass is 268 g/mol. The van der Waals surface area contributed by atoms with E-state index in [1.165, 1.54) is 5.56 Å². The Morgan fingerprint density at radius 3 is 2.50 bits per heavy atom.